The Kier molecular flexibility index (Phi) is 6.23. The second-order valence-electron chi connectivity index (χ2n) is 6.70. The van der Waals surface area contributed by atoms with Gasteiger partial charge < -0.3 is 4.74 Å². The number of hydrogen-bond donors (Lipinski definition) is 1. The highest BCUT2D eigenvalue weighted by molar-refractivity contribution is 5.90. The molecule has 1 N–H and O–H groups in total. The Labute approximate surface area is 173 Å². The molecule has 0 aliphatic rings. The second-order valence-corrected chi connectivity index (χ2v) is 6.70. The van der Waals surface area contributed by atoms with Crippen molar-refractivity contribution in [1.82, 2.24) is 14.8 Å². The second kappa shape index (κ2) is 9.01. The summed E-state index contributed by atoms with van der Waals surface area (Å²) in [5.74, 6) is 0. The van der Waals surface area contributed by atoms with Crippen molar-refractivity contribution in [2.24, 2.45) is 0 Å². The number of hydrogen-bond acceptors (Lipinski definition) is 6. The zero-order chi connectivity index (χ0) is 21.7. The lowest BCUT2D eigenvalue weighted by atomic mass is 10.0. The van der Waals surface area contributed by atoms with Gasteiger partial charge in [0.25, 0.3) is 5.56 Å². The maximum Gasteiger partial charge on any atom is 0.411 e. The standard InChI is InChI=1S/C22H21N5O3/c1-4-30-22(29)25-18-12-16(17-10-11-20(28)27(26-17)14(2)3)21(24-19(18)13-23)15-8-6-5-7-9-15/h5-12,14H,4H2,1-3H3,(H,25,29). The number of nitrogens with zero attached hydrogens (tertiary/aromatic N) is 4. The van der Waals surface area contributed by atoms with Gasteiger partial charge in [-0.05, 0) is 32.9 Å². The largest absolute Gasteiger partial charge is 0.450 e. The number of aromatic nitrogens is 3. The van der Waals surface area contributed by atoms with Gasteiger partial charge in [0.15, 0.2) is 5.69 Å². The predicted molar refractivity (Wildman–Crippen MR) is 113 cm³/mol. The molecule has 0 unspecified atom stereocenters. The van der Waals surface area contributed by atoms with Crippen LogP contribution in [0.1, 0.15) is 32.5 Å². The molecule has 1 amide bonds. The molecule has 0 bridgehead atoms. The van der Waals surface area contributed by atoms with Crippen LogP contribution in [0.2, 0.25) is 0 Å². The summed E-state index contributed by atoms with van der Waals surface area (Å²) in [5, 5.41) is 16.6. The Bertz CT molecular complexity index is 1160. The fourth-order valence-corrected chi connectivity index (χ4v) is 2.92. The molecule has 3 aromatic rings. The van der Waals surface area contributed by atoms with Gasteiger partial charge in [-0.25, -0.2) is 14.5 Å². The summed E-state index contributed by atoms with van der Waals surface area (Å²) in [5.41, 5.74) is 2.38. The van der Waals surface area contributed by atoms with Gasteiger partial charge in [0.05, 0.1) is 29.7 Å². The van der Waals surface area contributed by atoms with E-state index in [1.807, 2.05) is 50.2 Å². The average molecular weight is 403 g/mol. The molecule has 2 heterocycles. The average Bonchev–Trinajstić information content (AvgIpc) is 2.74. The molecule has 0 radical (unpaired) electrons. The maximum atomic E-state index is 12.2. The van der Waals surface area contributed by atoms with Crippen molar-refractivity contribution in [3.63, 3.8) is 0 Å². The van der Waals surface area contributed by atoms with Crippen molar-refractivity contribution in [3.8, 4) is 28.6 Å². The molecule has 152 valence electrons. The van der Waals surface area contributed by atoms with Gasteiger partial charge in [-0.3, -0.25) is 10.1 Å². The fraction of sp³-hybridized carbons (Fsp3) is 0.227. The zero-order valence-corrected chi connectivity index (χ0v) is 16.9. The highest BCUT2D eigenvalue weighted by atomic mass is 16.5. The highest BCUT2D eigenvalue weighted by Crippen LogP contribution is 2.33. The smallest absolute Gasteiger partial charge is 0.411 e. The predicted octanol–water partition coefficient (Wildman–Crippen LogP) is 3.99. The Morgan fingerprint density at radius 2 is 1.97 bits per heavy atom. The summed E-state index contributed by atoms with van der Waals surface area (Å²) >= 11 is 0. The summed E-state index contributed by atoms with van der Waals surface area (Å²) in [4.78, 5) is 28.6. The molecule has 8 nitrogen and oxygen atoms in total. The van der Waals surface area contributed by atoms with Crippen molar-refractivity contribution in [2.75, 3.05) is 11.9 Å². The summed E-state index contributed by atoms with van der Waals surface area (Å²) in [6.07, 6.45) is -0.686. The number of pyridine rings is 1. The highest BCUT2D eigenvalue weighted by Gasteiger charge is 2.18. The van der Waals surface area contributed by atoms with Crippen LogP contribution in [0.5, 0.6) is 0 Å². The summed E-state index contributed by atoms with van der Waals surface area (Å²) in [7, 11) is 0. The molecule has 3 rings (SSSR count). The van der Waals surface area contributed by atoms with E-state index >= 15 is 0 Å². The molecule has 0 saturated carbocycles. The monoisotopic (exact) mass is 403 g/mol. The quantitative estimate of drug-likeness (QED) is 0.690. The third-order valence-electron chi connectivity index (χ3n) is 4.28. The summed E-state index contributed by atoms with van der Waals surface area (Å²) in [6, 6.07) is 15.9. The number of ether oxygens (including phenoxy) is 1. The van der Waals surface area contributed by atoms with Gasteiger partial charge >= 0.3 is 6.09 Å². The Morgan fingerprint density at radius 1 is 1.23 bits per heavy atom. The maximum absolute atomic E-state index is 12.2. The lowest BCUT2D eigenvalue weighted by molar-refractivity contribution is 0.168. The van der Waals surface area contributed by atoms with Crippen molar-refractivity contribution < 1.29 is 9.53 Å². The molecule has 0 aliphatic carbocycles. The molecule has 0 atom stereocenters. The number of rotatable bonds is 5. The van der Waals surface area contributed by atoms with E-state index in [2.05, 4.69) is 15.4 Å². The first kappa shape index (κ1) is 20.7. The Balaban J connectivity index is 2.25. The third kappa shape index (κ3) is 4.36. The van der Waals surface area contributed by atoms with E-state index in [0.717, 1.165) is 5.56 Å². The summed E-state index contributed by atoms with van der Waals surface area (Å²) < 4.78 is 6.30. The Hall–Kier alpha value is -3.99. The minimum atomic E-state index is -0.686. The van der Waals surface area contributed by atoms with Crippen molar-refractivity contribution >= 4 is 11.8 Å². The van der Waals surface area contributed by atoms with E-state index in [-0.39, 0.29) is 29.6 Å². The van der Waals surface area contributed by atoms with Crippen molar-refractivity contribution in [3.05, 3.63) is 64.6 Å². The number of nitriles is 1. The number of amides is 1. The molecule has 1 aromatic carbocycles. The number of benzene rings is 1. The number of carbonyl (C=O) groups excluding carboxylic acids is 1. The van der Waals surface area contributed by atoms with E-state index in [1.165, 1.54) is 10.7 Å². The minimum Gasteiger partial charge on any atom is -0.450 e. The Morgan fingerprint density at radius 3 is 2.60 bits per heavy atom. The lowest BCUT2D eigenvalue weighted by Crippen LogP contribution is -2.24. The first-order chi connectivity index (χ1) is 14.4. The van der Waals surface area contributed by atoms with E-state index in [0.29, 0.717) is 17.0 Å². The van der Waals surface area contributed by atoms with E-state index in [9.17, 15) is 14.9 Å². The van der Waals surface area contributed by atoms with Crippen LogP contribution < -0.4 is 10.9 Å². The van der Waals surface area contributed by atoms with Crippen molar-refractivity contribution in [2.45, 2.75) is 26.8 Å². The first-order valence-electron chi connectivity index (χ1n) is 9.49. The van der Waals surface area contributed by atoms with Crippen LogP contribution >= 0.6 is 0 Å². The molecule has 0 fully saturated rings. The van der Waals surface area contributed by atoms with Crippen LogP contribution in [-0.4, -0.2) is 27.5 Å². The third-order valence-corrected chi connectivity index (χ3v) is 4.28. The fourth-order valence-electron chi connectivity index (χ4n) is 2.92. The van der Waals surface area contributed by atoms with Crippen LogP contribution in [0.25, 0.3) is 22.5 Å². The van der Waals surface area contributed by atoms with Gasteiger partial charge in [0.1, 0.15) is 6.07 Å². The van der Waals surface area contributed by atoms with Gasteiger partial charge in [-0.1, -0.05) is 30.3 Å². The van der Waals surface area contributed by atoms with Gasteiger partial charge in [0, 0.05) is 17.2 Å². The zero-order valence-electron chi connectivity index (χ0n) is 16.9. The molecule has 0 saturated heterocycles. The number of anilines is 1. The van der Waals surface area contributed by atoms with Crippen LogP contribution in [0.4, 0.5) is 10.5 Å². The molecular formula is C22H21N5O3. The summed E-state index contributed by atoms with van der Waals surface area (Å²) in [6.45, 7) is 5.60. The van der Waals surface area contributed by atoms with E-state index in [1.54, 1.807) is 19.1 Å². The van der Waals surface area contributed by atoms with Crippen LogP contribution in [-0.2, 0) is 4.74 Å². The molecule has 8 heteroatoms. The minimum absolute atomic E-state index is 0.0443. The van der Waals surface area contributed by atoms with Crippen LogP contribution in [0, 0.1) is 11.3 Å². The van der Waals surface area contributed by atoms with E-state index < -0.39 is 6.09 Å². The van der Waals surface area contributed by atoms with Gasteiger partial charge in [-0.15, -0.1) is 0 Å². The van der Waals surface area contributed by atoms with Crippen LogP contribution in [0.3, 0.4) is 0 Å². The van der Waals surface area contributed by atoms with E-state index in [4.69, 9.17) is 4.74 Å². The molecule has 0 spiro atoms. The molecule has 2 aromatic heterocycles. The topological polar surface area (TPSA) is 110 Å². The molecular weight excluding hydrogens is 382 g/mol. The van der Waals surface area contributed by atoms with Gasteiger partial charge in [-0.2, -0.15) is 10.4 Å². The van der Waals surface area contributed by atoms with Gasteiger partial charge in [0.2, 0.25) is 0 Å². The van der Waals surface area contributed by atoms with Crippen LogP contribution in [0.15, 0.2) is 53.3 Å². The number of nitrogens with one attached hydrogen (secondary N) is 1. The number of carbonyl (C=O) groups is 1. The van der Waals surface area contributed by atoms with Crippen molar-refractivity contribution in [1.29, 1.82) is 5.26 Å². The molecule has 30 heavy (non-hydrogen) atoms. The first-order valence-corrected chi connectivity index (χ1v) is 9.49. The molecule has 0 aliphatic heterocycles. The lowest BCUT2D eigenvalue weighted by Gasteiger charge is -2.15. The normalized spacial score (nSPS) is 10.5. The SMILES string of the molecule is CCOC(=O)Nc1cc(-c2ccc(=O)n(C(C)C)n2)c(-c2ccccc2)nc1C#N.